The molecule has 96 valence electrons. The number of carbonyl (C=O) groups excluding carboxylic acids is 1. The van der Waals surface area contributed by atoms with Gasteiger partial charge < -0.3 is 4.90 Å². The van der Waals surface area contributed by atoms with E-state index in [4.69, 9.17) is 5.84 Å². The Morgan fingerprint density at radius 2 is 2.22 bits per heavy atom. The second-order valence-electron chi connectivity index (χ2n) is 5.34. The van der Waals surface area contributed by atoms with E-state index in [9.17, 15) is 4.79 Å². The molecule has 0 aromatic carbocycles. The number of nitrogen functional groups attached to an aromatic ring is 1. The van der Waals surface area contributed by atoms with E-state index in [2.05, 4.69) is 20.3 Å². The fourth-order valence-corrected chi connectivity index (χ4v) is 2.58. The van der Waals surface area contributed by atoms with Gasteiger partial charge in [0.1, 0.15) is 5.69 Å². The number of aryl methyl sites for hydroxylation is 1. The molecule has 3 rings (SSSR count). The first kappa shape index (κ1) is 11.4. The number of hydrogen-bond donors (Lipinski definition) is 2. The number of amides is 1. The Balaban J connectivity index is 1.87. The maximum Gasteiger partial charge on any atom is 0.283 e. The molecule has 1 aromatic rings. The fourth-order valence-electron chi connectivity index (χ4n) is 2.58. The summed E-state index contributed by atoms with van der Waals surface area (Å²) in [7, 11) is 0. The van der Waals surface area contributed by atoms with Crippen LogP contribution in [-0.2, 0) is 0 Å². The molecule has 0 bridgehead atoms. The average molecular weight is 247 g/mol. The molecule has 0 atom stereocenters. The van der Waals surface area contributed by atoms with E-state index in [1.165, 1.54) is 19.3 Å². The van der Waals surface area contributed by atoms with Crippen molar-refractivity contribution in [3.05, 3.63) is 17.5 Å². The zero-order valence-electron chi connectivity index (χ0n) is 10.4. The van der Waals surface area contributed by atoms with Crippen molar-refractivity contribution < 1.29 is 4.79 Å². The highest BCUT2D eigenvalue weighted by Gasteiger charge is 2.48. The third-order valence-electron chi connectivity index (χ3n) is 3.88. The monoisotopic (exact) mass is 247 g/mol. The van der Waals surface area contributed by atoms with Crippen molar-refractivity contribution >= 4 is 11.9 Å². The molecular weight excluding hydrogens is 230 g/mol. The zero-order valence-corrected chi connectivity index (χ0v) is 10.4. The minimum absolute atomic E-state index is 0.330. The summed E-state index contributed by atoms with van der Waals surface area (Å²) < 4.78 is 0. The first-order valence-electron chi connectivity index (χ1n) is 6.23. The largest absolute Gasteiger partial charge is 0.340 e. The summed E-state index contributed by atoms with van der Waals surface area (Å²) in [5, 5.41) is 0. The lowest BCUT2D eigenvalue weighted by atomic mass is 10.1. The van der Waals surface area contributed by atoms with Crippen LogP contribution in [0.25, 0.3) is 0 Å². The van der Waals surface area contributed by atoms with Gasteiger partial charge in [-0.2, -0.15) is 0 Å². The molecule has 2 fully saturated rings. The van der Waals surface area contributed by atoms with Gasteiger partial charge in [0, 0.05) is 18.8 Å². The molecule has 1 saturated carbocycles. The van der Waals surface area contributed by atoms with Crippen LogP contribution in [0.5, 0.6) is 0 Å². The first-order valence-corrected chi connectivity index (χ1v) is 6.23. The van der Waals surface area contributed by atoms with Crippen molar-refractivity contribution in [1.29, 1.82) is 0 Å². The Kier molecular flexibility index (Phi) is 2.48. The smallest absolute Gasteiger partial charge is 0.283 e. The highest BCUT2D eigenvalue weighted by molar-refractivity contribution is 5.92. The summed E-state index contributed by atoms with van der Waals surface area (Å²) >= 11 is 0. The Morgan fingerprint density at radius 3 is 2.83 bits per heavy atom. The van der Waals surface area contributed by atoms with Gasteiger partial charge in [-0.15, -0.1) is 0 Å². The number of nitrogens with zero attached hydrogens (tertiary/aromatic N) is 3. The highest BCUT2D eigenvalue weighted by atomic mass is 16.2. The number of hydrazine groups is 1. The average Bonchev–Trinajstić information content (AvgIpc) is 2.97. The minimum atomic E-state index is -0.373. The van der Waals surface area contributed by atoms with Gasteiger partial charge in [-0.1, -0.05) is 0 Å². The van der Waals surface area contributed by atoms with Gasteiger partial charge in [-0.05, 0) is 37.7 Å². The Morgan fingerprint density at radius 1 is 1.44 bits per heavy atom. The van der Waals surface area contributed by atoms with Crippen LogP contribution < -0.4 is 16.2 Å². The van der Waals surface area contributed by atoms with Crippen LogP contribution in [0.2, 0.25) is 0 Å². The van der Waals surface area contributed by atoms with Crippen molar-refractivity contribution in [2.75, 3.05) is 18.0 Å². The van der Waals surface area contributed by atoms with Crippen LogP contribution in [0.3, 0.4) is 0 Å². The number of anilines is 1. The van der Waals surface area contributed by atoms with E-state index >= 15 is 0 Å². The third kappa shape index (κ3) is 1.92. The normalized spacial score (nSPS) is 20.2. The number of nitrogens with one attached hydrogen (secondary N) is 1. The summed E-state index contributed by atoms with van der Waals surface area (Å²) in [6.07, 6.45) is 3.83. The van der Waals surface area contributed by atoms with Crippen LogP contribution in [0, 0.1) is 12.3 Å². The predicted molar refractivity (Wildman–Crippen MR) is 66.9 cm³/mol. The van der Waals surface area contributed by atoms with Crippen molar-refractivity contribution in [2.24, 2.45) is 11.3 Å². The summed E-state index contributed by atoms with van der Waals surface area (Å²) in [5.74, 6) is 5.41. The van der Waals surface area contributed by atoms with Gasteiger partial charge >= 0.3 is 0 Å². The van der Waals surface area contributed by atoms with Crippen LogP contribution in [-0.4, -0.2) is 29.0 Å². The van der Waals surface area contributed by atoms with Crippen molar-refractivity contribution in [1.82, 2.24) is 15.4 Å². The van der Waals surface area contributed by atoms with E-state index in [1.807, 2.05) is 6.92 Å². The van der Waals surface area contributed by atoms with Gasteiger partial charge in [0.2, 0.25) is 5.95 Å². The number of aromatic nitrogens is 2. The molecule has 1 amide bonds. The van der Waals surface area contributed by atoms with Gasteiger partial charge in [0.25, 0.3) is 5.91 Å². The molecule has 3 N–H and O–H groups in total. The highest BCUT2D eigenvalue weighted by Crippen LogP contribution is 2.52. The number of hydrogen-bond acceptors (Lipinski definition) is 5. The summed E-state index contributed by atoms with van der Waals surface area (Å²) in [6, 6.07) is 1.65. The summed E-state index contributed by atoms with van der Waals surface area (Å²) in [5.41, 5.74) is 3.74. The van der Waals surface area contributed by atoms with E-state index in [0.717, 1.165) is 18.8 Å². The molecule has 0 radical (unpaired) electrons. The number of carbonyl (C=O) groups is 1. The van der Waals surface area contributed by atoms with Crippen molar-refractivity contribution in [2.45, 2.75) is 26.2 Å². The quantitative estimate of drug-likeness (QED) is 0.448. The fraction of sp³-hybridized carbons (Fsp3) is 0.583. The van der Waals surface area contributed by atoms with E-state index in [0.29, 0.717) is 17.1 Å². The molecule has 2 heterocycles. The third-order valence-corrected chi connectivity index (χ3v) is 3.88. The zero-order chi connectivity index (χ0) is 12.8. The van der Waals surface area contributed by atoms with Crippen LogP contribution in [0.15, 0.2) is 6.07 Å². The van der Waals surface area contributed by atoms with Crippen molar-refractivity contribution in [3.8, 4) is 0 Å². The van der Waals surface area contributed by atoms with Gasteiger partial charge in [0.05, 0.1) is 0 Å². The lowest BCUT2D eigenvalue weighted by molar-refractivity contribution is 0.0948. The molecule has 0 unspecified atom stereocenters. The SMILES string of the molecule is Cc1cc(C(=O)NN)nc(N2CCC3(CC3)C2)n1. The van der Waals surface area contributed by atoms with Crippen LogP contribution in [0.1, 0.15) is 35.4 Å². The molecule has 18 heavy (non-hydrogen) atoms. The minimum Gasteiger partial charge on any atom is -0.340 e. The van der Waals surface area contributed by atoms with Crippen LogP contribution >= 0.6 is 0 Å². The predicted octanol–water partition coefficient (Wildman–Crippen LogP) is 0.379. The molecule has 1 spiro atoms. The number of rotatable bonds is 2. The topological polar surface area (TPSA) is 84.1 Å². The molecular formula is C12H17N5O. The van der Waals surface area contributed by atoms with Gasteiger partial charge in [-0.3, -0.25) is 10.2 Å². The molecule has 6 nitrogen and oxygen atoms in total. The Labute approximate surface area is 106 Å². The van der Waals surface area contributed by atoms with Gasteiger partial charge in [0.15, 0.2) is 0 Å². The molecule has 1 aromatic heterocycles. The molecule has 1 aliphatic heterocycles. The van der Waals surface area contributed by atoms with E-state index in [-0.39, 0.29) is 5.91 Å². The Bertz CT molecular complexity index is 497. The molecule has 1 aliphatic carbocycles. The number of nitrogens with two attached hydrogens (primary N) is 1. The maximum absolute atomic E-state index is 11.5. The summed E-state index contributed by atoms with van der Waals surface area (Å²) in [6.45, 7) is 3.86. The molecule has 6 heteroatoms. The maximum atomic E-state index is 11.5. The van der Waals surface area contributed by atoms with E-state index in [1.54, 1.807) is 6.07 Å². The first-order chi connectivity index (χ1) is 8.62. The summed E-state index contributed by atoms with van der Waals surface area (Å²) in [4.78, 5) is 22.4. The second-order valence-corrected chi connectivity index (χ2v) is 5.34. The second kappa shape index (κ2) is 3.91. The van der Waals surface area contributed by atoms with E-state index < -0.39 is 0 Å². The molecule has 1 saturated heterocycles. The lowest BCUT2D eigenvalue weighted by Crippen LogP contribution is -2.32. The molecule has 2 aliphatic rings. The van der Waals surface area contributed by atoms with Gasteiger partial charge in [-0.25, -0.2) is 15.8 Å². The standard InChI is InChI=1S/C12H17N5O/c1-8-6-9(10(18)16-13)15-11(14-8)17-5-4-12(7-17)2-3-12/h6H,2-5,7,13H2,1H3,(H,16,18). The van der Waals surface area contributed by atoms with Crippen molar-refractivity contribution in [3.63, 3.8) is 0 Å². The lowest BCUT2D eigenvalue weighted by Gasteiger charge is -2.17. The Hall–Kier alpha value is -1.69. The van der Waals surface area contributed by atoms with Crippen LogP contribution in [0.4, 0.5) is 5.95 Å².